The number of carbonyl (C=O) groups is 1. The third-order valence-corrected chi connectivity index (χ3v) is 2.94. The molecule has 2 aromatic carbocycles. The third kappa shape index (κ3) is 3.42. The summed E-state index contributed by atoms with van der Waals surface area (Å²) in [6.45, 7) is 1.61. The quantitative estimate of drug-likeness (QED) is 0.489. The number of ether oxygens (including phenoxy) is 1. The Morgan fingerprint density at radius 1 is 1.19 bits per heavy atom. The average molecular weight is 289 g/mol. The molecule has 0 spiro atoms. The molecule has 108 valence electrons. The van der Waals surface area contributed by atoms with Crippen molar-refractivity contribution in [2.24, 2.45) is 0 Å². The lowest BCUT2D eigenvalue weighted by Gasteiger charge is -2.13. The van der Waals surface area contributed by atoms with E-state index in [1.807, 2.05) is 0 Å². The SMILES string of the molecule is C[C@@H](OC(=O)c1ccccc1[N+](=O)[O-])c1ccc(F)cc1. The minimum Gasteiger partial charge on any atom is -0.454 e. The normalized spacial score (nSPS) is 11.7. The summed E-state index contributed by atoms with van der Waals surface area (Å²) in [5.41, 5.74) is 0.175. The first-order valence-corrected chi connectivity index (χ1v) is 6.19. The molecule has 1 atom stereocenters. The van der Waals surface area contributed by atoms with Gasteiger partial charge in [0.1, 0.15) is 17.5 Å². The Morgan fingerprint density at radius 2 is 1.81 bits per heavy atom. The average Bonchev–Trinajstić information content (AvgIpc) is 2.47. The number of nitrogens with zero attached hydrogens (tertiary/aromatic N) is 1. The van der Waals surface area contributed by atoms with Crippen LogP contribution in [-0.2, 0) is 4.74 Å². The van der Waals surface area contributed by atoms with E-state index in [2.05, 4.69) is 0 Å². The van der Waals surface area contributed by atoms with Crippen LogP contribution in [0.1, 0.15) is 28.9 Å². The molecule has 0 aromatic heterocycles. The van der Waals surface area contributed by atoms with E-state index >= 15 is 0 Å². The first-order valence-electron chi connectivity index (χ1n) is 6.19. The Kier molecular flexibility index (Phi) is 4.27. The maximum Gasteiger partial charge on any atom is 0.345 e. The molecular weight excluding hydrogens is 277 g/mol. The van der Waals surface area contributed by atoms with Gasteiger partial charge in [0.05, 0.1) is 4.92 Å². The van der Waals surface area contributed by atoms with E-state index in [9.17, 15) is 19.3 Å². The van der Waals surface area contributed by atoms with Gasteiger partial charge < -0.3 is 4.74 Å². The molecule has 6 heteroatoms. The molecule has 0 radical (unpaired) electrons. The predicted octanol–water partition coefficient (Wildman–Crippen LogP) is 3.65. The zero-order valence-corrected chi connectivity index (χ0v) is 11.2. The largest absolute Gasteiger partial charge is 0.454 e. The van der Waals surface area contributed by atoms with Crippen LogP contribution in [-0.4, -0.2) is 10.9 Å². The summed E-state index contributed by atoms with van der Waals surface area (Å²) in [7, 11) is 0. The molecule has 0 aliphatic rings. The molecule has 0 amide bonds. The van der Waals surface area contributed by atoms with E-state index in [1.165, 1.54) is 48.5 Å². The predicted molar refractivity (Wildman–Crippen MR) is 73.3 cm³/mol. The Hall–Kier alpha value is -2.76. The van der Waals surface area contributed by atoms with Gasteiger partial charge in [-0.25, -0.2) is 9.18 Å². The van der Waals surface area contributed by atoms with Crippen molar-refractivity contribution in [2.45, 2.75) is 13.0 Å². The van der Waals surface area contributed by atoms with Gasteiger partial charge >= 0.3 is 5.97 Å². The minimum atomic E-state index is -0.792. The Labute approximate surface area is 120 Å². The number of carbonyl (C=O) groups excluding carboxylic acids is 1. The summed E-state index contributed by atoms with van der Waals surface area (Å²) < 4.78 is 18.0. The molecule has 0 N–H and O–H groups in total. The molecule has 0 heterocycles. The van der Waals surface area contributed by atoms with Gasteiger partial charge in [0.15, 0.2) is 0 Å². The van der Waals surface area contributed by atoms with Gasteiger partial charge in [-0.1, -0.05) is 24.3 Å². The Morgan fingerprint density at radius 3 is 2.43 bits per heavy atom. The highest BCUT2D eigenvalue weighted by atomic mass is 19.1. The van der Waals surface area contributed by atoms with Crippen molar-refractivity contribution in [1.82, 2.24) is 0 Å². The van der Waals surface area contributed by atoms with Crippen molar-refractivity contribution in [3.8, 4) is 0 Å². The molecule has 2 rings (SSSR count). The number of nitro benzene ring substituents is 1. The number of benzene rings is 2. The number of rotatable bonds is 4. The van der Waals surface area contributed by atoms with Crippen LogP contribution in [0.25, 0.3) is 0 Å². The maximum absolute atomic E-state index is 12.8. The molecule has 0 aliphatic heterocycles. The number of nitro groups is 1. The second-order valence-corrected chi connectivity index (χ2v) is 4.37. The van der Waals surface area contributed by atoms with Crippen molar-refractivity contribution < 1.29 is 18.8 Å². The molecule has 0 unspecified atom stereocenters. The summed E-state index contributed by atoms with van der Waals surface area (Å²) in [4.78, 5) is 22.3. The maximum atomic E-state index is 12.8. The first-order chi connectivity index (χ1) is 9.99. The number of halogens is 1. The second-order valence-electron chi connectivity index (χ2n) is 4.37. The van der Waals surface area contributed by atoms with Gasteiger partial charge in [-0.3, -0.25) is 10.1 Å². The lowest BCUT2D eigenvalue weighted by atomic mass is 10.1. The fourth-order valence-electron chi connectivity index (χ4n) is 1.83. The van der Waals surface area contributed by atoms with Crippen LogP contribution in [0.3, 0.4) is 0 Å². The molecule has 2 aromatic rings. The van der Waals surface area contributed by atoms with Crippen molar-refractivity contribution in [2.75, 3.05) is 0 Å². The van der Waals surface area contributed by atoms with Gasteiger partial charge in [0.2, 0.25) is 0 Å². The third-order valence-electron chi connectivity index (χ3n) is 2.94. The summed E-state index contributed by atoms with van der Waals surface area (Å²) in [6.07, 6.45) is -0.641. The topological polar surface area (TPSA) is 69.4 Å². The molecule has 0 saturated heterocycles. The monoisotopic (exact) mass is 289 g/mol. The van der Waals surface area contributed by atoms with E-state index in [0.29, 0.717) is 5.56 Å². The van der Waals surface area contributed by atoms with E-state index in [0.717, 1.165) is 0 Å². The molecule has 0 fully saturated rings. The van der Waals surface area contributed by atoms with E-state index in [-0.39, 0.29) is 11.3 Å². The van der Waals surface area contributed by atoms with Crippen LogP contribution in [0.2, 0.25) is 0 Å². The summed E-state index contributed by atoms with van der Waals surface area (Å²) in [6, 6.07) is 11.1. The molecule has 0 aliphatic carbocycles. The van der Waals surface area contributed by atoms with Gasteiger partial charge in [0, 0.05) is 6.07 Å². The minimum absolute atomic E-state index is 0.114. The molecule has 21 heavy (non-hydrogen) atoms. The number of hydrogen-bond acceptors (Lipinski definition) is 4. The smallest absolute Gasteiger partial charge is 0.345 e. The second kappa shape index (κ2) is 6.13. The fraction of sp³-hybridized carbons (Fsp3) is 0.133. The van der Waals surface area contributed by atoms with E-state index in [1.54, 1.807) is 6.92 Å². The highest BCUT2D eigenvalue weighted by Crippen LogP contribution is 2.23. The number of hydrogen-bond donors (Lipinski definition) is 0. The highest BCUT2D eigenvalue weighted by molar-refractivity contribution is 5.93. The molecular formula is C15H12FNO4. The molecule has 0 bridgehead atoms. The van der Waals surface area contributed by atoms with Crippen LogP contribution >= 0.6 is 0 Å². The first kappa shape index (κ1) is 14.6. The van der Waals surface area contributed by atoms with Crippen LogP contribution in [0.15, 0.2) is 48.5 Å². The summed E-state index contributed by atoms with van der Waals surface area (Å²) in [5, 5.41) is 10.9. The summed E-state index contributed by atoms with van der Waals surface area (Å²) in [5.74, 6) is -1.19. The highest BCUT2D eigenvalue weighted by Gasteiger charge is 2.22. The molecule has 0 saturated carbocycles. The van der Waals surface area contributed by atoms with E-state index in [4.69, 9.17) is 4.74 Å². The number of para-hydroxylation sites is 1. The van der Waals surface area contributed by atoms with Gasteiger partial charge in [-0.2, -0.15) is 0 Å². The van der Waals surface area contributed by atoms with Crippen LogP contribution in [0, 0.1) is 15.9 Å². The Bertz CT molecular complexity index is 670. The lowest BCUT2D eigenvalue weighted by Crippen LogP contribution is -2.11. The van der Waals surface area contributed by atoms with Crippen LogP contribution in [0.4, 0.5) is 10.1 Å². The van der Waals surface area contributed by atoms with Gasteiger partial charge in [-0.05, 0) is 30.7 Å². The lowest BCUT2D eigenvalue weighted by molar-refractivity contribution is -0.385. The van der Waals surface area contributed by atoms with Crippen molar-refractivity contribution >= 4 is 11.7 Å². The van der Waals surface area contributed by atoms with Crippen molar-refractivity contribution in [3.05, 3.63) is 75.6 Å². The van der Waals surface area contributed by atoms with Gasteiger partial charge in [-0.15, -0.1) is 0 Å². The van der Waals surface area contributed by atoms with Gasteiger partial charge in [0.25, 0.3) is 5.69 Å². The van der Waals surface area contributed by atoms with Crippen LogP contribution in [0.5, 0.6) is 0 Å². The fourth-order valence-corrected chi connectivity index (χ4v) is 1.83. The summed E-state index contributed by atoms with van der Waals surface area (Å²) >= 11 is 0. The molecule has 5 nitrogen and oxygen atoms in total. The van der Waals surface area contributed by atoms with Crippen molar-refractivity contribution in [1.29, 1.82) is 0 Å². The van der Waals surface area contributed by atoms with Crippen LogP contribution < -0.4 is 0 Å². The Balaban J connectivity index is 2.18. The zero-order valence-electron chi connectivity index (χ0n) is 11.2. The number of esters is 1. The van der Waals surface area contributed by atoms with E-state index < -0.39 is 22.8 Å². The zero-order chi connectivity index (χ0) is 15.4. The van der Waals surface area contributed by atoms with Crippen molar-refractivity contribution in [3.63, 3.8) is 0 Å². The standard InChI is InChI=1S/C15H12FNO4/c1-10(11-6-8-12(16)9-7-11)21-15(18)13-4-2-3-5-14(13)17(19)20/h2-10H,1H3/t10-/m1/s1.